The number of allylic oxidation sites excluding steroid dienone is 3. The molecule has 5 atom stereocenters. The fourth-order valence-corrected chi connectivity index (χ4v) is 7.05. The monoisotopic (exact) mass is 537 g/mol. The van der Waals surface area contributed by atoms with E-state index in [0.717, 1.165) is 68.6 Å². The minimum atomic E-state index is -0.804. The van der Waals surface area contributed by atoms with E-state index in [0.29, 0.717) is 12.8 Å². The summed E-state index contributed by atoms with van der Waals surface area (Å²) >= 11 is 0. The predicted molar refractivity (Wildman–Crippen MR) is 154 cm³/mol. The molecule has 1 aromatic carbocycles. The molecular weight excluding hydrogens is 490 g/mol. The molecule has 3 heterocycles. The van der Waals surface area contributed by atoms with Crippen LogP contribution in [0.15, 0.2) is 41.6 Å². The van der Waals surface area contributed by atoms with E-state index < -0.39 is 12.0 Å². The van der Waals surface area contributed by atoms with E-state index in [9.17, 15) is 9.90 Å². The van der Waals surface area contributed by atoms with Gasteiger partial charge in [0.15, 0.2) is 0 Å². The number of nitrogens with zero attached hydrogens (tertiary/aromatic N) is 1. The second-order valence-corrected chi connectivity index (χ2v) is 12.7. The molecule has 0 bridgehead atoms. The van der Waals surface area contributed by atoms with Crippen LogP contribution in [-0.4, -0.2) is 61.1 Å². The fourth-order valence-electron chi connectivity index (χ4n) is 7.05. The number of carbonyl (C=O) groups is 1. The zero-order chi connectivity index (χ0) is 27.6. The van der Waals surface area contributed by atoms with Crippen molar-refractivity contribution in [1.29, 1.82) is 0 Å². The summed E-state index contributed by atoms with van der Waals surface area (Å²) < 4.78 is 12.4. The van der Waals surface area contributed by atoms with Crippen LogP contribution in [0.5, 0.6) is 5.75 Å². The summed E-state index contributed by atoms with van der Waals surface area (Å²) in [6, 6.07) is 5.32. The zero-order valence-corrected chi connectivity index (χ0v) is 24.2. The molecule has 1 saturated heterocycles. The zero-order valence-electron chi connectivity index (χ0n) is 24.2. The molecule has 3 N–H and O–H groups in total. The molecule has 0 radical (unpaired) electrons. The van der Waals surface area contributed by atoms with Gasteiger partial charge >= 0.3 is 5.97 Å². The number of hydrogen-bond acceptors (Lipinski definition) is 6. The van der Waals surface area contributed by atoms with Crippen molar-refractivity contribution in [3.05, 3.63) is 52.7 Å². The molecule has 7 nitrogen and oxygen atoms in total. The smallest absolute Gasteiger partial charge is 0.325 e. The van der Waals surface area contributed by atoms with Crippen LogP contribution in [0.4, 0.5) is 0 Å². The number of rotatable bonds is 10. The van der Waals surface area contributed by atoms with E-state index >= 15 is 0 Å². The van der Waals surface area contributed by atoms with Crippen molar-refractivity contribution in [2.75, 3.05) is 26.8 Å². The third kappa shape index (κ3) is 6.21. The minimum absolute atomic E-state index is 0.00417. The lowest BCUT2D eigenvalue weighted by molar-refractivity contribution is -0.144. The van der Waals surface area contributed by atoms with Gasteiger partial charge in [0.1, 0.15) is 11.8 Å². The highest BCUT2D eigenvalue weighted by Gasteiger charge is 2.45. The summed E-state index contributed by atoms with van der Waals surface area (Å²) in [7, 11) is 1.97. The van der Waals surface area contributed by atoms with Crippen LogP contribution >= 0.6 is 0 Å². The first-order chi connectivity index (χ1) is 18.7. The average Bonchev–Trinajstić information content (AvgIpc) is 3.22. The van der Waals surface area contributed by atoms with Gasteiger partial charge < -0.3 is 19.9 Å². The number of unbranched alkanes of at least 4 members (excludes halogenated alkanes) is 1. The van der Waals surface area contributed by atoms with Crippen LogP contribution in [0, 0.1) is 5.41 Å². The number of piperidine rings is 1. The molecule has 1 unspecified atom stereocenters. The number of dihydropyridines is 1. The maximum atomic E-state index is 12.7. The van der Waals surface area contributed by atoms with Crippen LogP contribution in [0.1, 0.15) is 95.2 Å². The van der Waals surface area contributed by atoms with Gasteiger partial charge in [-0.1, -0.05) is 39.0 Å². The Morgan fingerprint density at radius 1 is 1.28 bits per heavy atom. The fraction of sp³-hybridized carbons (Fsp3) is 0.656. The van der Waals surface area contributed by atoms with E-state index in [-0.39, 0.29) is 23.5 Å². The third-order valence-corrected chi connectivity index (χ3v) is 9.38. The number of carboxylic acids is 1. The summed E-state index contributed by atoms with van der Waals surface area (Å²) in [6.07, 6.45) is 13.2. The van der Waals surface area contributed by atoms with E-state index in [1.165, 1.54) is 24.1 Å². The topological polar surface area (TPSA) is 83.1 Å². The summed E-state index contributed by atoms with van der Waals surface area (Å²) in [5.74, 6) is 0.319. The predicted octanol–water partition coefficient (Wildman–Crippen LogP) is 5.50. The Morgan fingerprint density at radius 3 is 2.95 bits per heavy atom. The second kappa shape index (κ2) is 12.0. The van der Waals surface area contributed by atoms with Crippen LogP contribution in [0.25, 0.3) is 0 Å². The highest BCUT2D eigenvalue weighted by Crippen LogP contribution is 2.45. The maximum absolute atomic E-state index is 12.7. The number of carboxylic acid groups (broad SMARTS) is 1. The van der Waals surface area contributed by atoms with Crippen molar-refractivity contribution < 1.29 is 19.4 Å². The minimum Gasteiger partial charge on any atom is -0.493 e. The Bertz CT molecular complexity index is 1100. The Hall–Kier alpha value is -2.35. The molecule has 214 valence electrons. The molecule has 3 aliphatic heterocycles. The molecule has 2 fully saturated rings. The van der Waals surface area contributed by atoms with Crippen molar-refractivity contribution >= 4 is 5.97 Å². The van der Waals surface area contributed by atoms with Gasteiger partial charge in [-0.25, -0.2) is 0 Å². The number of nitrogens with one attached hydrogen (secondary N) is 2. The summed E-state index contributed by atoms with van der Waals surface area (Å²) in [4.78, 5) is 14.7. The van der Waals surface area contributed by atoms with Gasteiger partial charge in [0.2, 0.25) is 0 Å². The molecule has 4 aliphatic rings. The van der Waals surface area contributed by atoms with Crippen molar-refractivity contribution in [1.82, 2.24) is 15.5 Å². The largest absolute Gasteiger partial charge is 0.493 e. The molecule has 1 saturated carbocycles. The number of hydrogen-bond donors (Lipinski definition) is 3. The number of ether oxygens (including phenoxy) is 2. The van der Waals surface area contributed by atoms with Gasteiger partial charge in [0.05, 0.1) is 18.9 Å². The Balaban J connectivity index is 1.16. The summed E-state index contributed by atoms with van der Waals surface area (Å²) in [5, 5.41) is 17.6. The molecule has 0 aromatic heterocycles. The average molecular weight is 538 g/mol. The number of likely N-dealkylation sites (N-methyl/N-ethyl adjacent to an activating group) is 1. The summed E-state index contributed by atoms with van der Waals surface area (Å²) in [6.45, 7) is 9.21. The Labute approximate surface area is 234 Å². The number of fused-ring (bicyclic) bond motifs is 2. The first-order valence-electron chi connectivity index (χ1n) is 15.0. The third-order valence-electron chi connectivity index (χ3n) is 9.38. The quantitative estimate of drug-likeness (QED) is 0.340. The first-order valence-corrected chi connectivity index (χ1v) is 15.0. The highest BCUT2D eigenvalue weighted by molar-refractivity contribution is 5.77. The SMILES string of the molecule is C[C@H]1CCOc2cccc([C@H](C(=O)O)N(C)[C@H]3C[C@H](OCCCCC4=CC=C5CCCNC5N4)C(C)(C)C3)c21. The maximum Gasteiger partial charge on any atom is 0.325 e. The van der Waals surface area contributed by atoms with E-state index in [1.54, 1.807) is 0 Å². The molecule has 39 heavy (non-hydrogen) atoms. The van der Waals surface area contributed by atoms with Gasteiger partial charge in [0.25, 0.3) is 0 Å². The second-order valence-electron chi connectivity index (χ2n) is 12.7. The van der Waals surface area contributed by atoms with E-state index in [4.69, 9.17) is 9.47 Å². The van der Waals surface area contributed by atoms with Crippen LogP contribution in [0.2, 0.25) is 0 Å². The normalized spacial score (nSPS) is 28.4. The summed E-state index contributed by atoms with van der Waals surface area (Å²) in [5.41, 5.74) is 4.70. The standard InChI is InChI=1S/C32H47N3O4/c1-21-15-18-38-26-12-7-11-25(28(21)26)29(31(36)37)35(4)24-19-27(32(2,3)20-24)39-17-6-5-10-23-14-13-22-9-8-16-33-30(22)34-23/h7,11-14,21,24,27,29-30,33-34H,5-6,8-10,15-20H2,1-4H3,(H,36,37)/t21-,24-,27-,29+,30?/m0/s1. The van der Waals surface area contributed by atoms with E-state index in [2.05, 4.69) is 48.5 Å². The number of aliphatic carboxylic acids is 1. The molecule has 7 heteroatoms. The molecule has 1 aliphatic carbocycles. The van der Waals surface area contributed by atoms with Crippen LogP contribution in [0.3, 0.4) is 0 Å². The van der Waals surface area contributed by atoms with Crippen LogP contribution in [-0.2, 0) is 9.53 Å². The van der Waals surface area contributed by atoms with Gasteiger partial charge in [-0.15, -0.1) is 0 Å². The van der Waals surface area contributed by atoms with Crippen LogP contribution < -0.4 is 15.4 Å². The van der Waals surface area contributed by atoms with Crippen molar-refractivity contribution in [2.45, 2.75) is 102 Å². The molecule has 1 aromatic rings. The number of benzene rings is 1. The van der Waals surface area contributed by atoms with Gasteiger partial charge in [0, 0.05) is 23.9 Å². The first kappa shape index (κ1) is 28.2. The van der Waals surface area contributed by atoms with Crippen molar-refractivity contribution in [2.24, 2.45) is 5.41 Å². The lowest BCUT2D eigenvalue weighted by Gasteiger charge is -2.34. The van der Waals surface area contributed by atoms with Crippen molar-refractivity contribution in [3.8, 4) is 5.75 Å². The van der Waals surface area contributed by atoms with E-state index in [1.807, 2.05) is 25.2 Å². The molecule has 0 spiro atoms. The molecule has 0 amide bonds. The van der Waals surface area contributed by atoms with Gasteiger partial charge in [-0.2, -0.15) is 0 Å². The lowest BCUT2D eigenvalue weighted by Crippen LogP contribution is -2.47. The molecular formula is C32H47N3O4. The van der Waals surface area contributed by atoms with Gasteiger partial charge in [-0.05, 0) is 99.6 Å². The lowest BCUT2D eigenvalue weighted by atomic mass is 9.86. The Morgan fingerprint density at radius 2 is 2.13 bits per heavy atom. The molecule has 5 rings (SSSR count). The Kier molecular flexibility index (Phi) is 8.69. The highest BCUT2D eigenvalue weighted by atomic mass is 16.5. The van der Waals surface area contributed by atoms with Gasteiger partial charge in [-0.3, -0.25) is 15.0 Å². The van der Waals surface area contributed by atoms with Crippen molar-refractivity contribution in [3.63, 3.8) is 0 Å².